The summed E-state index contributed by atoms with van der Waals surface area (Å²) in [5.41, 5.74) is 0. The first-order valence-electron chi connectivity index (χ1n) is 3.45. The van der Waals surface area contributed by atoms with E-state index in [9.17, 15) is 14.4 Å². The summed E-state index contributed by atoms with van der Waals surface area (Å²) in [5.74, 6) is -1.98. The minimum absolute atomic E-state index is 0.00926. The molecule has 0 aromatic heterocycles. The van der Waals surface area contributed by atoms with Crippen LogP contribution in [-0.2, 0) is 19.1 Å². The number of hydrogen-bond acceptors (Lipinski definition) is 4. The van der Waals surface area contributed by atoms with Gasteiger partial charge in [0.25, 0.3) is 0 Å². The maximum Gasteiger partial charge on any atom is 0.317 e. The molecule has 1 aliphatic heterocycles. The second-order valence-corrected chi connectivity index (χ2v) is 2.90. The summed E-state index contributed by atoms with van der Waals surface area (Å²) in [7, 11) is 0. The van der Waals surface area contributed by atoms with Crippen LogP contribution in [0.15, 0.2) is 0 Å². The fourth-order valence-electron chi connectivity index (χ4n) is 1.60. The predicted octanol–water partition coefficient (Wildman–Crippen LogP) is -0.335. The highest BCUT2D eigenvalue weighted by atomic mass is 16.6. The molecule has 2 fully saturated rings. The quantitative estimate of drug-likeness (QED) is 0.354. The van der Waals surface area contributed by atoms with E-state index in [0.717, 1.165) is 0 Å². The van der Waals surface area contributed by atoms with Crippen LogP contribution in [0.4, 0.5) is 0 Å². The summed E-state index contributed by atoms with van der Waals surface area (Å²) in [5, 5.41) is 0. The molecule has 2 atom stereocenters. The van der Waals surface area contributed by atoms with Crippen molar-refractivity contribution in [2.24, 2.45) is 11.8 Å². The molecule has 11 heavy (non-hydrogen) atoms. The number of carbonyl (C=O) groups is 3. The zero-order valence-corrected chi connectivity index (χ0v) is 5.70. The van der Waals surface area contributed by atoms with E-state index < -0.39 is 23.8 Å². The maximum atomic E-state index is 10.8. The topological polar surface area (TPSA) is 60.4 Å². The molecule has 0 spiro atoms. The normalized spacial score (nSPS) is 35.8. The lowest BCUT2D eigenvalue weighted by Gasteiger charge is -1.94. The average Bonchev–Trinajstić information content (AvgIpc) is 2.38. The van der Waals surface area contributed by atoms with Gasteiger partial charge in [0.2, 0.25) is 0 Å². The number of ketones is 1. The summed E-state index contributed by atoms with van der Waals surface area (Å²) in [6, 6.07) is 0. The minimum Gasteiger partial charge on any atom is -0.393 e. The third-order valence-corrected chi connectivity index (χ3v) is 2.19. The molecular formula is C7H6O4. The van der Waals surface area contributed by atoms with Crippen LogP contribution in [0.25, 0.3) is 0 Å². The molecule has 58 valence electrons. The van der Waals surface area contributed by atoms with Crippen LogP contribution in [-0.4, -0.2) is 17.7 Å². The van der Waals surface area contributed by atoms with Crippen molar-refractivity contribution in [2.45, 2.75) is 12.8 Å². The number of carbonyl (C=O) groups excluding carboxylic acids is 3. The van der Waals surface area contributed by atoms with Gasteiger partial charge in [0.05, 0.1) is 11.8 Å². The lowest BCUT2D eigenvalue weighted by atomic mass is 10.00. The predicted molar refractivity (Wildman–Crippen MR) is 32.3 cm³/mol. The molecule has 4 nitrogen and oxygen atoms in total. The second kappa shape index (κ2) is 1.90. The molecule has 0 aromatic rings. The third-order valence-electron chi connectivity index (χ3n) is 2.19. The molecule has 0 aromatic carbocycles. The van der Waals surface area contributed by atoms with Crippen LogP contribution in [0.5, 0.6) is 0 Å². The van der Waals surface area contributed by atoms with Gasteiger partial charge in [0.1, 0.15) is 5.78 Å². The van der Waals surface area contributed by atoms with Crippen molar-refractivity contribution in [1.29, 1.82) is 0 Å². The first kappa shape index (κ1) is 6.52. The van der Waals surface area contributed by atoms with Crippen molar-refractivity contribution in [3.05, 3.63) is 0 Å². The highest BCUT2D eigenvalue weighted by Crippen LogP contribution is 2.35. The molecule has 0 N–H and O–H groups in total. The van der Waals surface area contributed by atoms with Gasteiger partial charge in [-0.25, -0.2) is 0 Å². The third kappa shape index (κ3) is 0.785. The summed E-state index contributed by atoms with van der Waals surface area (Å²) in [6.45, 7) is 0. The van der Waals surface area contributed by atoms with Crippen molar-refractivity contribution in [1.82, 2.24) is 0 Å². The molecule has 2 unspecified atom stereocenters. The van der Waals surface area contributed by atoms with E-state index in [1.54, 1.807) is 0 Å². The van der Waals surface area contributed by atoms with Crippen LogP contribution >= 0.6 is 0 Å². The van der Waals surface area contributed by atoms with E-state index >= 15 is 0 Å². The Balaban J connectivity index is 2.29. The number of rotatable bonds is 0. The Hall–Kier alpha value is -1.19. The number of cyclic esters (lactones) is 2. The summed E-state index contributed by atoms with van der Waals surface area (Å²) >= 11 is 0. The fourth-order valence-corrected chi connectivity index (χ4v) is 1.60. The van der Waals surface area contributed by atoms with E-state index in [-0.39, 0.29) is 18.6 Å². The number of esters is 2. The van der Waals surface area contributed by atoms with Crippen molar-refractivity contribution in [3.63, 3.8) is 0 Å². The van der Waals surface area contributed by atoms with Crippen molar-refractivity contribution >= 4 is 17.7 Å². The molecule has 0 bridgehead atoms. The van der Waals surface area contributed by atoms with E-state index in [1.807, 2.05) is 0 Å². The molecule has 2 rings (SSSR count). The van der Waals surface area contributed by atoms with E-state index in [4.69, 9.17) is 0 Å². The Morgan fingerprint density at radius 2 is 1.45 bits per heavy atom. The Morgan fingerprint density at radius 1 is 1.00 bits per heavy atom. The van der Waals surface area contributed by atoms with E-state index in [2.05, 4.69) is 4.74 Å². The van der Waals surface area contributed by atoms with Crippen LogP contribution in [0, 0.1) is 11.8 Å². The summed E-state index contributed by atoms with van der Waals surface area (Å²) < 4.78 is 4.35. The van der Waals surface area contributed by atoms with Crippen molar-refractivity contribution < 1.29 is 19.1 Å². The molecule has 2 aliphatic rings. The molecule has 1 heterocycles. The number of hydrogen-bond donors (Lipinski definition) is 0. The van der Waals surface area contributed by atoms with E-state index in [0.29, 0.717) is 0 Å². The number of Topliss-reactive ketones (excluding diaryl/α,β-unsaturated/α-hetero) is 1. The Labute approximate surface area is 62.5 Å². The SMILES string of the molecule is O=C1CC2C(=O)OC(=O)C2C1. The van der Waals surface area contributed by atoms with Crippen molar-refractivity contribution in [3.8, 4) is 0 Å². The van der Waals surface area contributed by atoms with Gasteiger partial charge < -0.3 is 4.74 Å². The van der Waals surface area contributed by atoms with Gasteiger partial charge in [-0.1, -0.05) is 0 Å². The maximum absolute atomic E-state index is 10.8. The smallest absolute Gasteiger partial charge is 0.317 e. The standard InChI is InChI=1S/C7H6O4/c8-3-1-4-5(2-3)7(10)11-6(4)9/h4-5H,1-2H2. The van der Waals surface area contributed by atoms with Crippen LogP contribution in [0.3, 0.4) is 0 Å². The minimum atomic E-state index is -0.522. The number of ether oxygens (including phenoxy) is 1. The number of fused-ring (bicyclic) bond motifs is 1. The van der Waals surface area contributed by atoms with Crippen molar-refractivity contribution in [2.75, 3.05) is 0 Å². The Morgan fingerprint density at radius 3 is 1.91 bits per heavy atom. The fraction of sp³-hybridized carbons (Fsp3) is 0.571. The highest BCUT2D eigenvalue weighted by molar-refractivity contribution is 6.03. The first-order valence-corrected chi connectivity index (χ1v) is 3.45. The molecule has 0 radical (unpaired) electrons. The van der Waals surface area contributed by atoms with Crippen LogP contribution in [0.2, 0.25) is 0 Å². The average molecular weight is 154 g/mol. The van der Waals surface area contributed by atoms with Gasteiger partial charge in [-0.05, 0) is 0 Å². The molecule has 1 saturated carbocycles. The molecule has 0 amide bonds. The van der Waals surface area contributed by atoms with Crippen LogP contribution in [0.1, 0.15) is 12.8 Å². The largest absolute Gasteiger partial charge is 0.393 e. The first-order chi connectivity index (χ1) is 5.18. The summed E-state index contributed by atoms with van der Waals surface area (Å²) in [6.07, 6.45) is 0.379. The highest BCUT2D eigenvalue weighted by Gasteiger charge is 2.50. The lowest BCUT2D eigenvalue weighted by Crippen LogP contribution is -2.09. The zero-order valence-electron chi connectivity index (χ0n) is 5.70. The Bertz CT molecular complexity index is 231. The summed E-state index contributed by atoms with van der Waals surface area (Å²) in [4.78, 5) is 32.4. The molecule has 4 heteroatoms. The van der Waals surface area contributed by atoms with E-state index in [1.165, 1.54) is 0 Å². The lowest BCUT2D eigenvalue weighted by molar-refractivity contribution is -0.155. The molecular weight excluding hydrogens is 148 g/mol. The van der Waals surface area contributed by atoms with Gasteiger partial charge in [-0.2, -0.15) is 0 Å². The van der Waals surface area contributed by atoms with Crippen LogP contribution < -0.4 is 0 Å². The molecule has 1 saturated heterocycles. The second-order valence-electron chi connectivity index (χ2n) is 2.90. The monoisotopic (exact) mass is 154 g/mol. The van der Waals surface area contributed by atoms with Gasteiger partial charge in [-0.3, -0.25) is 14.4 Å². The zero-order chi connectivity index (χ0) is 8.01. The Kier molecular flexibility index (Phi) is 1.13. The van der Waals surface area contributed by atoms with Gasteiger partial charge in [-0.15, -0.1) is 0 Å². The van der Waals surface area contributed by atoms with Gasteiger partial charge >= 0.3 is 11.9 Å². The van der Waals surface area contributed by atoms with Gasteiger partial charge in [0, 0.05) is 12.8 Å². The van der Waals surface area contributed by atoms with Gasteiger partial charge in [0.15, 0.2) is 0 Å². The molecule has 1 aliphatic carbocycles.